The Morgan fingerprint density at radius 2 is 1.76 bits per heavy atom. The molecule has 0 saturated heterocycles. The molecule has 1 N–H and O–H groups in total. The highest BCUT2D eigenvalue weighted by Gasteiger charge is 2.15. The number of hydrogen-bond acceptors (Lipinski definition) is 3. The van der Waals surface area contributed by atoms with Crippen LogP contribution < -0.4 is 5.32 Å². The van der Waals surface area contributed by atoms with Gasteiger partial charge in [-0.05, 0) is 49.3 Å². The van der Waals surface area contributed by atoms with Crippen LogP contribution in [0.5, 0.6) is 0 Å². The molecule has 0 radical (unpaired) electrons. The van der Waals surface area contributed by atoms with Gasteiger partial charge in [0.2, 0.25) is 0 Å². The van der Waals surface area contributed by atoms with E-state index in [1.54, 1.807) is 0 Å². The van der Waals surface area contributed by atoms with Gasteiger partial charge in [-0.15, -0.1) is 0 Å². The van der Waals surface area contributed by atoms with Crippen LogP contribution in [0.1, 0.15) is 42.5 Å². The zero-order valence-corrected chi connectivity index (χ0v) is 18.2. The first kappa shape index (κ1) is 21.1. The van der Waals surface area contributed by atoms with Gasteiger partial charge in [0.25, 0.3) is 5.91 Å². The van der Waals surface area contributed by atoms with Crippen molar-refractivity contribution in [3.05, 3.63) is 65.5 Å². The number of imidazole rings is 1. The molecular weight excluding hydrogens is 360 g/mol. The normalized spacial score (nSPS) is 11.9. The van der Waals surface area contributed by atoms with Crippen molar-refractivity contribution in [3.63, 3.8) is 0 Å². The minimum atomic E-state index is -0.0404. The fourth-order valence-corrected chi connectivity index (χ4v) is 3.38. The number of para-hydroxylation sites is 2. The molecule has 0 unspecified atom stereocenters. The smallest absolute Gasteiger partial charge is 0.251 e. The van der Waals surface area contributed by atoms with Gasteiger partial charge in [-0.2, -0.15) is 0 Å². The van der Waals surface area contributed by atoms with E-state index in [4.69, 9.17) is 4.98 Å². The Morgan fingerprint density at radius 1 is 1.07 bits per heavy atom. The molecule has 0 spiro atoms. The van der Waals surface area contributed by atoms with Gasteiger partial charge in [0.05, 0.1) is 11.0 Å². The SMILES string of the molecule is CN(C)CCn1c(CCNC(=O)c2ccc(C(C)(C)C)cc2)nc2ccccc21. The quantitative estimate of drug-likeness (QED) is 0.664. The second-order valence-electron chi connectivity index (χ2n) is 8.80. The Labute approximate surface area is 173 Å². The third-order valence-electron chi connectivity index (χ3n) is 5.15. The number of likely N-dealkylation sites (N-methyl/N-ethyl adjacent to an activating group) is 1. The molecule has 0 bridgehead atoms. The summed E-state index contributed by atoms with van der Waals surface area (Å²) in [4.78, 5) is 19.5. The summed E-state index contributed by atoms with van der Waals surface area (Å²) in [5, 5.41) is 3.04. The minimum absolute atomic E-state index is 0.0404. The summed E-state index contributed by atoms with van der Waals surface area (Å²) < 4.78 is 2.26. The number of aromatic nitrogens is 2. The van der Waals surface area contributed by atoms with Crippen molar-refractivity contribution in [1.29, 1.82) is 0 Å². The van der Waals surface area contributed by atoms with E-state index in [0.29, 0.717) is 18.5 Å². The Hall–Kier alpha value is -2.66. The van der Waals surface area contributed by atoms with Gasteiger partial charge in [0.15, 0.2) is 0 Å². The zero-order chi connectivity index (χ0) is 21.0. The first-order valence-electron chi connectivity index (χ1n) is 10.2. The lowest BCUT2D eigenvalue weighted by Gasteiger charge is -2.19. The molecule has 154 valence electrons. The van der Waals surface area contributed by atoms with Gasteiger partial charge >= 0.3 is 0 Å². The van der Waals surface area contributed by atoms with Crippen LogP contribution in [0.3, 0.4) is 0 Å². The predicted molar refractivity (Wildman–Crippen MR) is 119 cm³/mol. The molecule has 0 saturated carbocycles. The summed E-state index contributed by atoms with van der Waals surface area (Å²) in [5.74, 6) is 0.970. The van der Waals surface area contributed by atoms with Gasteiger partial charge in [-0.1, -0.05) is 45.0 Å². The number of benzene rings is 2. The molecule has 1 amide bonds. The average molecular weight is 393 g/mol. The lowest BCUT2D eigenvalue weighted by atomic mass is 9.87. The molecule has 0 aliphatic heterocycles. The van der Waals surface area contributed by atoms with Crippen molar-refractivity contribution in [3.8, 4) is 0 Å². The molecular formula is C24H32N4O. The summed E-state index contributed by atoms with van der Waals surface area (Å²) in [5.41, 5.74) is 4.15. The van der Waals surface area contributed by atoms with E-state index >= 15 is 0 Å². The molecule has 5 nitrogen and oxygen atoms in total. The summed E-state index contributed by atoms with van der Waals surface area (Å²) in [6.07, 6.45) is 0.702. The van der Waals surface area contributed by atoms with Gasteiger partial charge in [0, 0.05) is 31.6 Å². The topological polar surface area (TPSA) is 50.2 Å². The third-order valence-corrected chi connectivity index (χ3v) is 5.15. The highest BCUT2D eigenvalue weighted by molar-refractivity contribution is 5.94. The first-order chi connectivity index (χ1) is 13.8. The number of carbonyl (C=O) groups excluding carboxylic acids is 1. The van der Waals surface area contributed by atoms with Crippen LogP contribution in [0.25, 0.3) is 11.0 Å². The molecule has 3 rings (SSSR count). The number of hydrogen-bond donors (Lipinski definition) is 1. The van der Waals surface area contributed by atoms with E-state index in [9.17, 15) is 4.79 Å². The van der Waals surface area contributed by atoms with Gasteiger partial charge in [0.1, 0.15) is 5.82 Å². The monoisotopic (exact) mass is 392 g/mol. The maximum Gasteiger partial charge on any atom is 0.251 e. The van der Waals surface area contributed by atoms with Crippen LogP contribution in [0.4, 0.5) is 0 Å². The molecule has 1 aromatic heterocycles. The number of rotatable bonds is 7. The van der Waals surface area contributed by atoms with Crippen LogP contribution in [0, 0.1) is 0 Å². The lowest BCUT2D eigenvalue weighted by Crippen LogP contribution is -2.27. The van der Waals surface area contributed by atoms with E-state index in [2.05, 4.69) is 55.7 Å². The van der Waals surface area contributed by atoms with Crippen LogP contribution >= 0.6 is 0 Å². The zero-order valence-electron chi connectivity index (χ0n) is 18.2. The van der Waals surface area contributed by atoms with E-state index in [1.807, 2.05) is 42.5 Å². The number of carbonyl (C=O) groups is 1. The van der Waals surface area contributed by atoms with E-state index in [-0.39, 0.29) is 11.3 Å². The van der Waals surface area contributed by atoms with Crippen molar-refractivity contribution in [2.75, 3.05) is 27.2 Å². The van der Waals surface area contributed by atoms with Crippen LogP contribution in [0.15, 0.2) is 48.5 Å². The number of nitrogens with zero attached hydrogens (tertiary/aromatic N) is 3. The Bertz CT molecular complexity index is 965. The van der Waals surface area contributed by atoms with Crippen molar-refractivity contribution in [1.82, 2.24) is 19.8 Å². The fourth-order valence-electron chi connectivity index (χ4n) is 3.38. The standard InChI is InChI=1S/C24H32N4O/c1-24(2,3)19-12-10-18(11-13-19)23(29)25-15-14-22-26-20-8-6-7-9-21(20)28(22)17-16-27(4)5/h6-13H,14-17H2,1-5H3,(H,25,29). The van der Waals surface area contributed by atoms with Crippen molar-refractivity contribution in [2.45, 2.75) is 39.2 Å². The fraction of sp³-hybridized carbons (Fsp3) is 0.417. The number of amides is 1. The second kappa shape index (κ2) is 8.78. The average Bonchev–Trinajstić information content (AvgIpc) is 3.03. The molecule has 1 heterocycles. The second-order valence-corrected chi connectivity index (χ2v) is 8.80. The first-order valence-corrected chi connectivity index (χ1v) is 10.2. The lowest BCUT2D eigenvalue weighted by molar-refractivity contribution is 0.0954. The Balaban J connectivity index is 1.66. The van der Waals surface area contributed by atoms with Crippen molar-refractivity contribution < 1.29 is 4.79 Å². The minimum Gasteiger partial charge on any atom is -0.352 e. The van der Waals surface area contributed by atoms with E-state index in [0.717, 1.165) is 29.9 Å². The van der Waals surface area contributed by atoms with E-state index in [1.165, 1.54) is 5.56 Å². The predicted octanol–water partition coefficient (Wildman–Crippen LogP) is 3.87. The van der Waals surface area contributed by atoms with Gasteiger partial charge in [-0.3, -0.25) is 4.79 Å². The number of nitrogens with one attached hydrogen (secondary N) is 1. The molecule has 2 aromatic carbocycles. The molecule has 3 aromatic rings. The Kier molecular flexibility index (Phi) is 6.38. The van der Waals surface area contributed by atoms with Crippen LogP contribution in [0.2, 0.25) is 0 Å². The molecule has 0 fully saturated rings. The highest BCUT2D eigenvalue weighted by Crippen LogP contribution is 2.22. The maximum atomic E-state index is 12.5. The summed E-state index contributed by atoms with van der Waals surface area (Å²) in [6.45, 7) is 8.90. The van der Waals surface area contributed by atoms with Crippen LogP contribution in [-0.4, -0.2) is 47.5 Å². The van der Waals surface area contributed by atoms with Crippen molar-refractivity contribution >= 4 is 16.9 Å². The van der Waals surface area contributed by atoms with Gasteiger partial charge in [-0.25, -0.2) is 4.98 Å². The molecule has 0 atom stereocenters. The summed E-state index contributed by atoms with van der Waals surface area (Å²) >= 11 is 0. The summed E-state index contributed by atoms with van der Waals surface area (Å²) in [7, 11) is 4.15. The summed E-state index contributed by atoms with van der Waals surface area (Å²) in [6, 6.07) is 16.1. The maximum absolute atomic E-state index is 12.5. The third kappa shape index (κ3) is 5.24. The van der Waals surface area contributed by atoms with Crippen LogP contribution in [-0.2, 0) is 18.4 Å². The van der Waals surface area contributed by atoms with Crippen molar-refractivity contribution in [2.24, 2.45) is 0 Å². The number of fused-ring (bicyclic) bond motifs is 1. The van der Waals surface area contributed by atoms with E-state index < -0.39 is 0 Å². The molecule has 29 heavy (non-hydrogen) atoms. The molecule has 5 heteroatoms. The molecule has 0 aliphatic rings. The van der Waals surface area contributed by atoms with Gasteiger partial charge < -0.3 is 14.8 Å². The molecule has 0 aliphatic carbocycles. The Morgan fingerprint density at radius 3 is 2.41 bits per heavy atom. The highest BCUT2D eigenvalue weighted by atomic mass is 16.1. The largest absolute Gasteiger partial charge is 0.352 e.